The van der Waals surface area contributed by atoms with Crippen LogP contribution < -0.4 is 10.6 Å². The Bertz CT molecular complexity index is 1220. The fourth-order valence-corrected chi connectivity index (χ4v) is 5.83. The average Bonchev–Trinajstić information content (AvgIpc) is 3.47. The Balaban J connectivity index is 1.18. The molecule has 1 aromatic carbocycles. The van der Waals surface area contributed by atoms with Crippen molar-refractivity contribution in [3.63, 3.8) is 0 Å². The lowest BCUT2D eigenvalue weighted by Gasteiger charge is -2.30. The van der Waals surface area contributed by atoms with Crippen LogP contribution in [0.15, 0.2) is 35.8 Å². The van der Waals surface area contributed by atoms with Crippen LogP contribution in [0.1, 0.15) is 71.0 Å². The first-order chi connectivity index (χ1) is 17.4. The van der Waals surface area contributed by atoms with Gasteiger partial charge in [0.2, 0.25) is 0 Å². The molecular weight excluding hydrogens is 516 g/mol. The predicted octanol–water partition coefficient (Wildman–Crippen LogP) is 6.07. The smallest absolute Gasteiger partial charge is 0.282 e. The van der Waals surface area contributed by atoms with E-state index < -0.39 is 24.2 Å². The van der Waals surface area contributed by atoms with E-state index >= 15 is 0 Å². The number of likely N-dealkylation sites (tertiary alicyclic amines) is 1. The van der Waals surface area contributed by atoms with E-state index in [4.69, 9.17) is 16.6 Å². The van der Waals surface area contributed by atoms with Crippen LogP contribution in [-0.2, 0) is 13.1 Å². The minimum absolute atomic E-state index is 0.0716. The number of thiazole rings is 1. The summed E-state index contributed by atoms with van der Waals surface area (Å²) in [4.78, 5) is 6.89. The minimum atomic E-state index is -2.90. The zero-order valence-corrected chi connectivity index (χ0v) is 20.8. The highest BCUT2D eigenvalue weighted by Crippen LogP contribution is 2.32. The van der Waals surface area contributed by atoms with Gasteiger partial charge in [-0.2, -0.15) is 5.10 Å². The second-order valence-corrected chi connectivity index (χ2v) is 10.1. The van der Waals surface area contributed by atoms with Gasteiger partial charge in [0.05, 0.1) is 10.7 Å². The van der Waals surface area contributed by atoms with Crippen molar-refractivity contribution in [3.05, 3.63) is 74.1 Å². The maximum absolute atomic E-state index is 13.2. The third-order valence-electron chi connectivity index (χ3n) is 6.56. The van der Waals surface area contributed by atoms with Crippen LogP contribution in [0.5, 0.6) is 0 Å². The maximum Gasteiger partial charge on any atom is 0.282 e. The second kappa shape index (κ2) is 10.9. The SMILES string of the molecule is FC(F)c1cc(C(F)F)n(C=CN2CCC(c3nc(C4NCc5cccc(Cl)c5CN4)cs3)CC2)n1. The van der Waals surface area contributed by atoms with Gasteiger partial charge in [0.15, 0.2) is 0 Å². The van der Waals surface area contributed by atoms with Gasteiger partial charge in [-0.1, -0.05) is 23.7 Å². The number of nitrogens with one attached hydrogen (secondary N) is 2. The molecule has 4 heterocycles. The molecule has 6 nitrogen and oxygen atoms in total. The molecule has 0 amide bonds. The van der Waals surface area contributed by atoms with E-state index in [1.807, 2.05) is 17.0 Å². The van der Waals surface area contributed by atoms with Crippen molar-refractivity contribution in [1.29, 1.82) is 0 Å². The van der Waals surface area contributed by atoms with E-state index in [2.05, 4.69) is 27.2 Å². The first-order valence-electron chi connectivity index (χ1n) is 11.7. The highest BCUT2D eigenvalue weighted by atomic mass is 35.5. The Morgan fingerprint density at radius 2 is 1.83 bits per heavy atom. The predicted molar refractivity (Wildman–Crippen MR) is 131 cm³/mol. The van der Waals surface area contributed by atoms with Gasteiger partial charge < -0.3 is 4.90 Å². The first-order valence-corrected chi connectivity index (χ1v) is 12.9. The molecule has 0 radical (unpaired) electrons. The molecule has 36 heavy (non-hydrogen) atoms. The molecule has 12 heteroatoms. The van der Waals surface area contributed by atoms with Crippen molar-refractivity contribution in [2.24, 2.45) is 0 Å². The average molecular weight is 541 g/mol. The first kappa shape index (κ1) is 25.2. The van der Waals surface area contributed by atoms with Gasteiger partial charge in [0, 0.05) is 54.9 Å². The van der Waals surface area contributed by atoms with E-state index in [1.165, 1.54) is 11.8 Å². The van der Waals surface area contributed by atoms with E-state index in [1.54, 1.807) is 17.5 Å². The molecule has 0 saturated carbocycles. The molecule has 5 rings (SSSR count). The molecule has 2 aliphatic rings. The maximum atomic E-state index is 13.2. The van der Waals surface area contributed by atoms with Gasteiger partial charge >= 0.3 is 0 Å². The number of halogens is 5. The summed E-state index contributed by atoms with van der Waals surface area (Å²) in [5.74, 6) is 0.303. The summed E-state index contributed by atoms with van der Waals surface area (Å²) in [6, 6.07) is 6.68. The molecule has 1 atom stereocenters. The van der Waals surface area contributed by atoms with Crippen molar-refractivity contribution < 1.29 is 17.6 Å². The number of hydrogen-bond acceptors (Lipinski definition) is 6. The molecule has 2 N–H and O–H groups in total. The number of rotatable bonds is 6. The van der Waals surface area contributed by atoms with Crippen LogP contribution in [0.4, 0.5) is 17.6 Å². The number of alkyl halides is 4. The monoisotopic (exact) mass is 540 g/mol. The third kappa shape index (κ3) is 5.44. The highest BCUT2D eigenvalue weighted by Gasteiger charge is 2.25. The number of nitrogens with zero attached hydrogens (tertiary/aromatic N) is 4. The molecule has 1 fully saturated rings. The number of fused-ring (bicyclic) bond motifs is 1. The molecule has 0 bridgehead atoms. The molecule has 192 valence electrons. The Labute approximate surface area is 215 Å². The summed E-state index contributed by atoms with van der Waals surface area (Å²) in [5.41, 5.74) is 2.03. The van der Waals surface area contributed by atoms with Crippen molar-refractivity contribution in [3.8, 4) is 0 Å². The van der Waals surface area contributed by atoms with Gasteiger partial charge in [-0.05, 0) is 36.1 Å². The van der Waals surface area contributed by atoms with E-state index in [0.29, 0.717) is 32.1 Å². The van der Waals surface area contributed by atoms with Crippen molar-refractivity contribution >= 4 is 29.1 Å². The summed E-state index contributed by atoms with van der Waals surface area (Å²) in [7, 11) is 0. The normalized spacial score (nSPS) is 19.4. The van der Waals surface area contributed by atoms with Crippen LogP contribution in [0.3, 0.4) is 0 Å². The zero-order chi connectivity index (χ0) is 25.2. The lowest BCUT2D eigenvalue weighted by atomic mass is 9.98. The van der Waals surface area contributed by atoms with Gasteiger partial charge in [-0.15, -0.1) is 11.3 Å². The van der Waals surface area contributed by atoms with Gasteiger partial charge in [-0.25, -0.2) is 27.2 Å². The van der Waals surface area contributed by atoms with Crippen molar-refractivity contribution in [2.75, 3.05) is 13.1 Å². The number of aromatic nitrogens is 3. The van der Waals surface area contributed by atoms with Crippen LogP contribution in [0.2, 0.25) is 5.02 Å². The number of benzene rings is 1. The number of piperidine rings is 1. The molecule has 0 aliphatic carbocycles. The highest BCUT2D eigenvalue weighted by molar-refractivity contribution is 7.09. The standard InChI is InChI=1S/C24H25ClF4N6S/c25-17-3-1-2-15-11-30-23(31-12-16(15)17)19-13-36-24(32-19)14-4-6-34(7-5-14)8-9-35-20(22(28)29)10-18(33-35)21(26)27/h1-3,8-10,13-14,21-23,30-31H,4-7,11-12H2. The Morgan fingerprint density at radius 3 is 2.58 bits per heavy atom. The molecular formula is C24H25ClF4N6S. The molecule has 1 saturated heterocycles. The van der Waals surface area contributed by atoms with E-state index in [0.717, 1.165) is 44.9 Å². The summed E-state index contributed by atoms with van der Waals surface area (Å²) >= 11 is 8.00. The largest absolute Gasteiger partial charge is 0.376 e. The van der Waals surface area contributed by atoms with Crippen molar-refractivity contribution in [2.45, 2.75) is 50.9 Å². The zero-order valence-electron chi connectivity index (χ0n) is 19.2. The molecule has 2 aliphatic heterocycles. The topological polar surface area (TPSA) is 58.0 Å². The van der Waals surface area contributed by atoms with Gasteiger partial charge in [0.25, 0.3) is 12.9 Å². The number of hydrogen-bond donors (Lipinski definition) is 2. The minimum Gasteiger partial charge on any atom is -0.376 e. The Hall–Kier alpha value is -2.47. The summed E-state index contributed by atoms with van der Waals surface area (Å²) in [6.45, 7) is 2.77. The fourth-order valence-electron chi connectivity index (χ4n) is 4.56. The van der Waals surface area contributed by atoms with Gasteiger partial charge in [0.1, 0.15) is 17.6 Å². The van der Waals surface area contributed by atoms with Crippen molar-refractivity contribution in [1.82, 2.24) is 30.3 Å². The molecule has 0 spiro atoms. The molecule has 3 aromatic rings. The molecule has 1 unspecified atom stereocenters. The lowest BCUT2D eigenvalue weighted by Crippen LogP contribution is -2.31. The lowest BCUT2D eigenvalue weighted by molar-refractivity contribution is 0.143. The van der Waals surface area contributed by atoms with E-state index in [9.17, 15) is 17.6 Å². The molecule has 2 aromatic heterocycles. The quantitative estimate of drug-likeness (QED) is 0.372. The Morgan fingerprint density at radius 1 is 1.06 bits per heavy atom. The summed E-state index contributed by atoms with van der Waals surface area (Å²) < 4.78 is 52.9. The third-order valence-corrected chi connectivity index (χ3v) is 7.94. The van der Waals surface area contributed by atoms with Crippen LogP contribution >= 0.6 is 22.9 Å². The van der Waals surface area contributed by atoms with E-state index in [-0.39, 0.29) is 6.17 Å². The summed E-state index contributed by atoms with van der Waals surface area (Å²) in [5, 5.41) is 14.5. The fraction of sp³-hybridized carbons (Fsp3) is 0.417. The van der Waals surface area contributed by atoms with Crippen LogP contribution in [0, 0.1) is 0 Å². The second-order valence-electron chi connectivity index (χ2n) is 8.83. The Kier molecular flexibility index (Phi) is 7.61. The van der Waals surface area contributed by atoms with Crippen LogP contribution in [-0.4, -0.2) is 32.8 Å². The van der Waals surface area contributed by atoms with Gasteiger partial charge in [-0.3, -0.25) is 10.6 Å². The summed E-state index contributed by atoms with van der Waals surface area (Å²) in [6.07, 6.45) is -1.18. The van der Waals surface area contributed by atoms with Crippen LogP contribution in [0.25, 0.3) is 6.20 Å².